The number of carboxylic acid groups (broad SMARTS) is 2. The molecule has 114 valence electrons. The average molecular weight is 294 g/mol. The zero-order valence-electron chi connectivity index (χ0n) is 12.0. The molecule has 0 aliphatic carbocycles. The summed E-state index contributed by atoms with van der Waals surface area (Å²) in [6.45, 7) is 7.16. The largest absolute Gasteiger partial charge is 0.478 e. The highest BCUT2D eigenvalue weighted by atomic mass is 16.5. The Kier molecular flexibility index (Phi) is 8.14. The Bertz CT molecular complexity index is 533. The molecule has 0 aromatic heterocycles. The van der Waals surface area contributed by atoms with Crippen molar-refractivity contribution in [3.63, 3.8) is 0 Å². The van der Waals surface area contributed by atoms with Crippen LogP contribution in [-0.2, 0) is 16.0 Å². The molecular weight excluding hydrogens is 276 g/mol. The quantitative estimate of drug-likeness (QED) is 0.638. The van der Waals surface area contributed by atoms with Gasteiger partial charge in [0, 0.05) is 6.08 Å². The van der Waals surface area contributed by atoms with E-state index >= 15 is 0 Å². The van der Waals surface area contributed by atoms with E-state index in [1.54, 1.807) is 26.0 Å². The molecule has 6 nitrogen and oxygen atoms in total. The van der Waals surface area contributed by atoms with Gasteiger partial charge in [-0.05, 0) is 25.0 Å². The molecule has 0 amide bonds. The number of carbonyl (C=O) groups excluding carboxylic acids is 1. The minimum absolute atomic E-state index is 0.109. The first-order chi connectivity index (χ1) is 9.88. The zero-order valence-corrected chi connectivity index (χ0v) is 12.0. The van der Waals surface area contributed by atoms with Gasteiger partial charge in [-0.15, -0.1) is 0 Å². The molecule has 0 unspecified atom stereocenters. The molecule has 0 bridgehead atoms. The molecular formula is C15H18O6. The summed E-state index contributed by atoms with van der Waals surface area (Å²) in [6, 6.07) is 4.47. The van der Waals surface area contributed by atoms with E-state index in [1.165, 1.54) is 6.07 Å². The van der Waals surface area contributed by atoms with Gasteiger partial charge in [0.25, 0.3) is 0 Å². The van der Waals surface area contributed by atoms with Gasteiger partial charge in [0.15, 0.2) is 0 Å². The third kappa shape index (κ3) is 5.90. The van der Waals surface area contributed by atoms with Crippen molar-refractivity contribution in [2.24, 2.45) is 0 Å². The lowest BCUT2D eigenvalue weighted by atomic mass is 9.99. The number of hydrogen-bond acceptors (Lipinski definition) is 4. The Labute approximate surface area is 122 Å². The van der Waals surface area contributed by atoms with Crippen molar-refractivity contribution in [2.75, 3.05) is 6.61 Å². The van der Waals surface area contributed by atoms with E-state index in [1.807, 2.05) is 0 Å². The molecule has 0 fully saturated rings. The maximum absolute atomic E-state index is 10.8. The van der Waals surface area contributed by atoms with E-state index in [0.717, 1.165) is 6.08 Å². The summed E-state index contributed by atoms with van der Waals surface area (Å²) in [4.78, 5) is 31.6. The van der Waals surface area contributed by atoms with Crippen molar-refractivity contribution in [1.29, 1.82) is 0 Å². The fourth-order valence-electron chi connectivity index (χ4n) is 1.53. The van der Waals surface area contributed by atoms with Crippen LogP contribution in [-0.4, -0.2) is 34.7 Å². The van der Waals surface area contributed by atoms with Crippen LogP contribution < -0.4 is 0 Å². The number of carboxylic acids is 2. The van der Waals surface area contributed by atoms with Crippen molar-refractivity contribution >= 4 is 17.9 Å². The molecule has 2 N–H and O–H groups in total. The van der Waals surface area contributed by atoms with Crippen molar-refractivity contribution in [3.8, 4) is 0 Å². The monoisotopic (exact) mass is 294 g/mol. The fourth-order valence-corrected chi connectivity index (χ4v) is 1.53. The summed E-state index contributed by atoms with van der Waals surface area (Å²) >= 11 is 0. The van der Waals surface area contributed by atoms with E-state index in [2.05, 4.69) is 11.3 Å². The second-order valence-corrected chi connectivity index (χ2v) is 3.76. The highest BCUT2D eigenvalue weighted by molar-refractivity contribution is 6.02. The number of rotatable bonds is 5. The number of aromatic carboxylic acids is 2. The predicted octanol–water partition coefficient (Wildman–Crippen LogP) is 2.38. The number of hydrogen-bond donors (Lipinski definition) is 2. The van der Waals surface area contributed by atoms with Crippen LogP contribution in [0.1, 0.15) is 40.1 Å². The maximum Gasteiger partial charge on any atom is 0.336 e. The highest BCUT2D eigenvalue weighted by Crippen LogP contribution is 2.15. The minimum Gasteiger partial charge on any atom is -0.478 e. The van der Waals surface area contributed by atoms with E-state index in [-0.39, 0.29) is 17.1 Å². The predicted molar refractivity (Wildman–Crippen MR) is 76.6 cm³/mol. The molecule has 0 aliphatic rings. The number of benzene rings is 1. The molecule has 1 aromatic rings. The lowest BCUT2D eigenvalue weighted by Crippen LogP contribution is -2.10. The van der Waals surface area contributed by atoms with Crippen LogP contribution in [0.25, 0.3) is 0 Å². The minimum atomic E-state index is -1.21. The van der Waals surface area contributed by atoms with E-state index < -0.39 is 11.9 Å². The van der Waals surface area contributed by atoms with Gasteiger partial charge in [-0.25, -0.2) is 14.4 Å². The SMILES string of the molecule is C=CC(=O)OCC.CCc1cccc(C(=O)O)c1C(=O)O. The lowest BCUT2D eigenvalue weighted by Gasteiger charge is -2.06. The first kappa shape index (κ1) is 18.4. The average Bonchev–Trinajstić information content (AvgIpc) is 2.46. The molecule has 0 atom stereocenters. The van der Waals surface area contributed by atoms with Gasteiger partial charge >= 0.3 is 17.9 Å². The fraction of sp³-hybridized carbons (Fsp3) is 0.267. The smallest absolute Gasteiger partial charge is 0.336 e. The summed E-state index contributed by atoms with van der Waals surface area (Å²) in [5, 5.41) is 17.6. The van der Waals surface area contributed by atoms with E-state index in [4.69, 9.17) is 10.2 Å². The van der Waals surface area contributed by atoms with Gasteiger partial charge in [0.1, 0.15) is 0 Å². The molecule has 1 rings (SSSR count). The highest BCUT2D eigenvalue weighted by Gasteiger charge is 2.18. The summed E-state index contributed by atoms with van der Waals surface area (Å²) in [7, 11) is 0. The van der Waals surface area contributed by atoms with Crippen LogP contribution >= 0.6 is 0 Å². The van der Waals surface area contributed by atoms with Crippen LogP contribution in [0.15, 0.2) is 30.9 Å². The molecule has 0 spiro atoms. The van der Waals surface area contributed by atoms with Crippen LogP contribution in [0.2, 0.25) is 0 Å². The van der Waals surface area contributed by atoms with Gasteiger partial charge in [0.05, 0.1) is 17.7 Å². The Balaban J connectivity index is 0.000000486. The Morgan fingerprint density at radius 3 is 2.14 bits per heavy atom. The molecule has 0 aliphatic heterocycles. The van der Waals surface area contributed by atoms with E-state index in [9.17, 15) is 14.4 Å². The van der Waals surface area contributed by atoms with Gasteiger partial charge in [0.2, 0.25) is 0 Å². The topological polar surface area (TPSA) is 101 Å². The lowest BCUT2D eigenvalue weighted by molar-refractivity contribution is -0.137. The first-order valence-corrected chi connectivity index (χ1v) is 6.26. The van der Waals surface area contributed by atoms with Crippen molar-refractivity contribution < 1.29 is 29.3 Å². The van der Waals surface area contributed by atoms with Gasteiger partial charge in [-0.1, -0.05) is 25.6 Å². The van der Waals surface area contributed by atoms with Gasteiger partial charge < -0.3 is 14.9 Å². The number of ether oxygens (including phenoxy) is 1. The Hall–Kier alpha value is -2.63. The first-order valence-electron chi connectivity index (χ1n) is 6.26. The van der Waals surface area contributed by atoms with Crippen LogP contribution in [0.3, 0.4) is 0 Å². The van der Waals surface area contributed by atoms with E-state index in [0.29, 0.717) is 18.6 Å². The molecule has 0 saturated carbocycles. The third-order valence-electron chi connectivity index (χ3n) is 2.43. The van der Waals surface area contributed by atoms with Crippen LogP contribution in [0, 0.1) is 0 Å². The van der Waals surface area contributed by atoms with Gasteiger partial charge in [-0.2, -0.15) is 0 Å². The summed E-state index contributed by atoms with van der Waals surface area (Å²) in [5.41, 5.74) is 0.275. The molecule has 0 heterocycles. The zero-order chi connectivity index (χ0) is 16.4. The van der Waals surface area contributed by atoms with Crippen LogP contribution in [0.5, 0.6) is 0 Å². The Morgan fingerprint density at radius 2 is 1.81 bits per heavy atom. The summed E-state index contributed by atoms with van der Waals surface area (Å²) in [5.74, 6) is -2.76. The third-order valence-corrected chi connectivity index (χ3v) is 2.43. The second-order valence-electron chi connectivity index (χ2n) is 3.76. The Morgan fingerprint density at radius 1 is 1.19 bits per heavy atom. The standard InChI is InChI=1S/C10H10O4.C5H8O2/c1-2-6-4-3-5-7(9(11)12)8(6)10(13)14;1-3-5(6)7-4-2/h3-5H,2H2,1H3,(H,11,12)(H,13,14);3H,1,4H2,2H3. The molecule has 21 heavy (non-hydrogen) atoms. The molecule has 6 heteroatoms. The molecule has 0 radical (unpaired) electrons. The molecule has 1 aromatic carbocycles. The van der Waals surface area contributed by atoms with Crippen molar-refractivity contribution in [3.05, 3.63) is 47.5 Å². The second kappa shape index (κ2) is 9.30. The summed E-state index contributed by atoms with van der Waals surface area (Å²) < 4.78 is 4.43. The normalized spacial score (nSPS) is 9.05. The number of esters is 1. The maximum atomic E-state index is 10.8. The van der Waals surface area contributed by atoms with Crippen molar-refractivity contribution in [1.82, 2.24) is 0 Å². The van der Waals surface area contributed by atoms with Gasteiger partial charge in [-0.3, -0.25) is 0 Å². The van der Waals surface area contributed by atoms with Crippen LogP contribution in [0.4, 0.5) is 0 Å². The van der Waals surface area contributed by atoms with Crippen molar-refractivity contribution in [2.45, 2.75) is 20.3 Å². The number of aryl methyl sites for hydroxylation is 1. The number of carbonyl (C=O) groups is 3. The molecule has 0 saturated heterocycles. The summed E-state index contributed by atoms with van der Waals surface area (Å²) in [6.07, 6.45) is 1.65.